The zero-order valence-corrected chi connectivity index (χ0v) is 14.3. The highest BCUT2D eigenvalue weighted by molar-refractivity contribution is 6.31. The number of rotatable bonds is 4. The number of amides is 1. The number of amidine groups is 1. The molecule has 0 N–H and O–H groups in total. The van der Waals surface area contributed by atoms with E-state index in [0.29, 0.717) is 22.2 Å². The first-order valence-electron chi connectivity index (χ1n) is 7.47. The smallest absolute Gasteiger partial charge is 0.373 e. The number of hydrogen-bond acceptors (Lipinski definition) is 6. The van der Waals surface area contributed by atoms with E-state index in [1.54, 1.807) is 37.3 Å². The number of ether oxygens (including phenoxy) is 1. The summed E-state index contributed by atoms with van der Waals surface area (Å²) in [5, 5.41) is 4.55. The van der Waals surface area contributed by atoms with E-state index in [1.165, 1.54) is 18.1 Å². The van der Waals surface area contributed by atoms with Gasteiger partial charge in [0.25, 0.3) is 5.91 Å². The number of carbonyl (C=O) groups is 2. The predicted octanol–water partition coefficient (Wildman–Crippen LogP) is 2.83. The third-order valence-electron chi connectivity index (χ3n) is 3.61. The molecule has 7 nitrogen and oxygen atoms in total. The maximum atomic E-state index is 12.5. The van der Waals surface area contributed by atoms with Gasteiger partial charge >= 0.3 is 5.97 Å². The molecule has 0 fully saturated rings. The number of halogens is 1. The molecular weight excluding hydrogens is 348 g/mol. The zero-order valence-electron chi connectivity index (χ0n) is 13.6. The summed E-state index contributed by atoms with van der Waals surface area (Å²) < 4.78 is 10.1. The fourth-order valence-corrected chi connectivity index (χ4v) is 2.56. The maximum absolute atomic E-state index is 12.5. The van der Waals surface area contributed by atoms with Gasteiger partial charge < -0.3 is 14.0 Å². The molecule has 0 spiro atoms. The highest BCUT2D eigenvalue weighted by atomic mass is 35.5. The van der Waals surface area contributed by atoms with Crippen LogP contribution in [-0.2, 0) is 20.9 Å². The Bertz CT molecular complexity index is 845. The fraction of sp³-hybridized carbons (Fsp3) is 0.235. The number of hydrogen-bond donors (Lipinski definition) is 0. The van der Waals surface area contributed by atoms with E-state index in [0.717, 1.165) is 0 Å². The average molecular weight is 363 g/mol. The lowest BCUT2D eigenvalue weighted by Crippen LogP contribution is -2.46. The summed E-state index contributed by atoms with van der Waals surface area (Å²) in [6.07, 6.45) is -0.724. The molecule has 25 heavy (non-hydrogen) atoms. The molecule has 130 valence electrons. The number of oxime groups is 1. The van der Waals surface area contributed by atoms with Crippen molar-refractivity contribution in [1.29, 1.82) is 0 Å². The Balaban J connectivity index is 1.91. The van der Waals surface area contributed by atoms with Crippen LogP contribution in [0.1, 0.15) is 28.8 Å². The SMILES string of the molecule is COC(=O)c1ccc(CN2C(=O)C(C)ON=C2c2cccc(Cl)c2)o1. The lowest BCUT2D eigenvalue weighted by Gasteiger charge is -2.29. The molecule has 1 aromatic carbocycles. The molecule has 1 atom stereocenters. The molecule has 1 aliphatic heterocycles. The zero-order chi connectivity index (χ0) is 18.0. The van der Waals surface area contributed by atoms with Gasteiger partial charge in [-0.15, -0.1) is 0 Å². The van der Waals surface area contributed by atoms with E-state index in [4.69, 9.17) is 20.9 Å². The van der Waals surface area contributed by atoms with Gasteiger partial charge in [-0.25, -0.2) is 4.79 Å². The van der Waals surface area contributed by atoms with Gasteiger partial charge in [0.05, 0.1) is 13.7 Å². The standard InChI is InChI=1S/C17H15ClN2O5/c1-10-16(21)20(9-13-6-7-14(24-13)17(22)23-2)15(19-25-10)11-4-3-5-12(18)8-11/h3-8,10H,9H2,1-2H3. The minimum Gasteiger partial charge on any atom is -0.463 e. The number of nitrogens with zero attached hydrogens (tertiary/aromatic N) is 2. The fourth-order valence-electron chi connectivity index (χ4n) is 2.37. The van der Waals surface area contributed by atoms with Gasteiger partial charge in [0.15, 0.2) is 5.84 Å². The molecule has 8 heteroatoms. The predicted molar refractivity (Wildman–Crippen MR) is 89.1 cm³/mol. The molecule has 1 aromatic heterocycles. The molecule has 0 radical (unpaired) electrons. The molecule has 1 unspecified atom stereocenters. The molecule has 0 saturated carbocycles. The summed E-state index contributed by atoms with van der Waals surface area (Å²) in [6.45, 7) is 1.70. The molecule has 1 amide bonds. The van der Waals surface area contributed by atoms with Gasteiger partial charge in [-0.05, 0) is 31.2 Å². The van der Waals surface area contributed by atoms with E-state index >= 15 is 0 Å². The van der Waals surface area contributed by atoms with Gasteiger partial charge in [-0.1, -0.05) is 28.9 Å². The van der Waals surface area contributed by atoms with Gasteiger partial charge in [0.2, 0.25) is 11.9 Å². The summed E-state index contributed by atoms with van der Waals surface area (Å²) in [7, 11) is 1.27. The Morgan fingerprint density at radius 1 is 1.36 bits per heavy atom. The minimum atomic E-state index is -0.724. The normalized spacial score (nSPS) is 17.1. The quantitative estimate of drug-likeness (QED) is 0.781. The number of carbonyl (C=O) groups excluding carboxylic acids is 2. The van der Waals surface area contributed by atoms with E-state index < -0.39 is 12.1 Å². The van der Waals surface area contributed by atoms with Crippen molar-refractivity contribution in [2.45, 2.75) is 19.6 Å². The van der Waals surface area contributed by atoms with Crippen molar-refractivity contribution in [3.05, 3.63) is 58.5 Å². The van der Waals surface area contributed by atoms with E-state index in [2.05, 4.69) is 9.89 Å². The Kier molecular flexibility index (Phi) is 4.76. The first kappa shape index (κ1) is 17.0. The van der Waals surface area contributed by atoms with Gasteiger partial charge in [-0.3, -0.25) is 9.69 Å². The van der Waals surface area contributed by atoms with Crippen molar-refractivity contribution in [1.82, 2.24) is 4.90 Å². The Morgan fingerprint density at radius 3 is 2.88 bits per heavy atom. The average Bonchev–Trinajstić information content (AvgIpc) is 3.07. The van der Waals surface area contributed by atoms with Crippen LogP contribution in [0.4, 0.5) is 0 Å². The summed E-state index contributed by atoms with van der Waals surface area (Å²) >= 11 is 6.02. The van der Waals surface area contributed by atoms with Gasteiger partial charge in [0, 0.05) is 10.6 Å². The van der Waals surface area contributed by atoms with Crippen LogP contribution >= 0.6 is 11.6 Å². The van der Waals surface area contributed by atoms with Crippen molar-refractivity contribution < 1.29 is 23.6 Å². The summed E-state index contributed by atoms with van der Waals surface area (Å²) in [4.78, 5) is 30.7. The van der Waals surface area contributed by atoms with Crippen LogP contribution in [0.25, 0.3) is 0 Å². The largest absolute Gasteiger partial charge is 0.463 e. The van der Waals surface area contributed by atoms with E-state index in [1.807, 2.05) is 0 Å². The molecule has 0 bridgehead atoms. The van der Waals surface area contributed by atoms with Crippen LogP contribution in [0.5, 0.6) is 0 Å². The third-order valence-corrected chi connectivity index (χ3v) is 3.85. The Labute approximate surface area is 148 Å². The molecular formula is C17H15ClN2O5. The Morgan fingerprint density at radius 2 is 2.16 bits per heavy atom. The molecule has 3 rings (SSSR count). The number of benzene rings is 1. The van der Waals surface area contributed by atoms with Crippen LogP contribution in [0.3, 0.4) is 0 Å². The molecule has 2 heterocycles. The van der Waals surface area contributed by atoms with Crippen LogP contribution in [0.2, 0.25) is 5.02 Å². The van der Waals surface area contributed by atoms with Crippen LogP contribution in [-0.4, -0.2) is 35.8 Å². The first-order chi connectivity index (χ1) is 12.0. The van der Waals surface area contributed by atoms with E-state index in [9.17, 15) is 9.59 Å². The second-order valence-corrected chi connectivity index (χ2v) is 5.79. The van der Waals surface area contributed by atoms with Crippen LogP contribution in [0, 0.1) is 0 Å². The Hall–Kier alpha value is -2.80. The van der Waals surface area contributed by atoms with Crippen molar-refractivity contribution in [3.8, 4) is 0 Å². The summed E-state index contributed by atoms with van der Waals surface area (Å²) in [6, 6.07) is 10.0. The van der Waals surface area contributed by atoms with Crippen molar-refractivity contribution in [2.75, 3.05) is 7.11 Å². The summed E-state index contributed by atoms with van der Waals surface area (Å²) in [5.41, 5.74) is 0.632. The van der Waals surface area contributed by atoms with Crippen molar-refractivity contribution >= 4 is 29.3 Å². The molecule has 1 aliphatic rings. The minimum absolute atomic E-state index is 0.0625. The topological polar surface area (TPSA) is 81.3 Å². The first-order valence-corrected chi connectivity index (χ1v) is 7.85. The molecule has 0 aliphatic carbocycles. The third kappa shape index (κ3) is 3.51. The second kappa shape index (κ2) is 6.98. The lowest BCUT2D eigenvalue weighted by atomic mass is 10.1. The maximum Gasteiger partial charge on any atom is 0.373 e. The monoisotopic (exact) mass is 362 g/mol. The van der Waals surface area contributed by atoms with Crippen molar-refractivity contribution in [2.24, 2.45) is 5.16 Å². The highest BCUT2D eigenvalue weighted by Gasteiger charge is 2.32. The number of methoxy groups -OCH3 is 1. The second-order valence-electron chi connectivity index (χ2n) is 5.35. The van der Waals surface area contributed by atoms with Gasteiger partial charge in [-0.2, -0.15) is 0 Å². The van der Waals surface area contributed by atoms with Crippen LogP contribution in [0.15, 0.2) is 46.0 Å². The van der Waals surface area contributed by atoms with Crippen LogP contribution < -0.4 is 0 Å². The number of furan rings is 1. The number of esters is 1. The van der Waals surface area contributed by atoms with Gasteiger partial charge in [0.1, 0.15) is 5.76 Å². The summed E-state index contributed by atoms with van der Waals surface area (Å²) in [5.74, 6) is -0.0654. The van der Waals surface area contributed by atoms with Crippen molar-refractivity contribution in [3.63, 3.8) is 0 Å². The molecule has 2 aromatic rings. The molecule has 0 saturated heterocycles. The highest BCUT2D eigenvalue weighted by Crippen LogP contribution is 2.21. The van der Waals surface area contributed by atoms with E-state index in [-0.39, 0.29) is 18.2 Å². The lowest BCUT2D eigenvalue weighted by molar-refractivity contribution is -0.142.